The van der Waals surface area contributed by atoms with E-state index in [1.807, 2.05) is 4.90 Å². The SMILES string of the molecule is C[C@@H]1CC[C@H]2[C@@H](CN3CCN(c4cccc(C(F)(F)F)c4)CC3)C(=O)O[C@]23[C@H]1CC[C@@]1(C)O[C@@H]31. The minimum absolute atomic E-state index is 0.0261. The number of benzene rings is 1. The molecule has 0 bridgehead atoms. The van der Waals surface area contributed by atoms with Gasteiger partial charge in [0.25, 0.3) is 0 Å². The van der Waals surface area contributed by atoms with Crippen molar-refractivity contribution in [1.82, 2.24) is 4.90 Å². The minimum atomic E-state index is -4.34. The molecule has 5 fully saturated rings. The molecule has 0 aromatic heterocycles. The number of halogens is 3. The Morgan fingerprint density at radius 1 is 1.09 bits per heavy atom. The number of alkyl halides is 3. The Morgan fingerprint density at radius 3 is 2.59 bits per heavy atom. The summed E-state index contributed by atoms with van der Waals surface area (Å²) in [6, 6.07) is 5.55. The van der Waals surface area contributed by atoms with Crippen molar-refractivity contribution in [1.29, 1.82) is 0 Å². The van der Waals surface area contributed by atoms with Gasteiger partial charge in [0.15, 0.2) is 0 Å². The number of carbonyl (C=O) groups is 1. The third kappa shape index (κ3) is 3.39. The van der Waals surface area contributed by atoms with Crippen molar-refractivity contribution in [3.8, 4) is 0 Å². The average Bonchev–Trinajstić information content (AvgIpc) is 3.43. The zero-order valence-electron chi connectivity index (χ0n) is 19.8. The summed E-state index contributed by atoms with van der Waals surface area (Å²) < 4.78 is 51.9. The number of rotatable bonds is 3. The van der Waals surface area contributed by atoms with Gasteiger partial charge in [-0.05, 0) is 56.7 Å². The molecular weight excluding hydrogens is 445 g/mol. The number of ether oxygens (including phenoxy) is 2. The zero-order valence-corrected chi connectivity index (χ0v) is 19.8. The molecule has 186 valence electrons. The van der Waals surface area contributed by atoms with Gasteiger partial charge >= 0.3 is 12.1 Å². The number of epoxide rings is 1. The van der Waals surface area contributed by atoms with Crippen molar-refractivity contribution >= 4 is 11.7 Å². The molecule has 2 saturated carbocycles. The van der Waals surface area contributed by atoms with Crippen LogP contribution in [0.2, 0.25) is 0 Å². The fraction of sp³-hybridized carbons (Fsp3) is 0.731. The van der Waals surface area contributed by atoms with E-state index >= 15 is 0 Å². The minimum Gasteiger partial charge on any atom is -0.455 e. The van der Waals surface area contributed by atoms with Gasteiger partial charge < -0.3 is 14.4 Å². The highest BCUT2D eigenvalue weighted by Gasteiger charge is 2.77. The molecule has 5 aliphatic rings. The quantitative estimate of drug-likeness (QED) is 0.478. The number of esters is 1. The normalized spacial score (nSPS) is 42.0. The molecule has 34 heavy (non-hydrogen) atoms. The van der Waals surface area contributed by atoms with Gasteiger partial charge in [0.2, 0.25) is 0 Å². The third-order valence-corrected chi connectivity index (χ3v) is 9.46. The summed E-state index contributed by atoms with van der Waals surface area (Å²) in [5.74, 6) is 0.867. The Bertz CT molecular complexity index is 978. The summed E-state index contributed by atoms with van der Waals surface area (Å²) >= 11 is 0. The van der Waals surface area contributed by atoms with Gasteiger partial charge in [-0.3, -0.25) is 9.69 Å². The van der Waals surface area contributed by atoms with E-state index in [2.05, 4.69) is 18.7 Å². The van der Waals surface area contributed by atoms with Gasteiger partial charge in [-0.15, -0.1) is 0 Å². The number of fused-ring (bicyclic) bond motifs is 1. The first-order valence-corrected chi connectivity index (χ1v) is 12.7. The molecule has 0 unspecified atom stereocenters. The lowest BCUT2D eigenvalue weighted by atomic mass is 9.55. The number of piperazine rings is 1. The van der Waals surface area contributed by atoms with Crippen LogP contribution in [0.4, 0.5) is 18.9 Å². The van der Waals surface area contributed by atoms with E-state index in [-0.39, 0.29) is 29.5 Å². The summed E-state index contributed by atoms with van der Waals surface area (Å²) in [6.07, 6.45) is -0.100. The van der Waals surface area contributed by atoms with Crippen LogP contribution in [0.3, 0.4) is 0 Å². The van der Waals surface area contributed by atoms with E-state index in [0.29, 0.717) is 37.2 Å². The Labute approximate surface area is 198 Å². The zero-order chi connectivity index (χ0) is 23.9. The van der Waals surface area contributed by atoms with E-state index < -0.39 is 17.3 Å². The van der Waals surface area contributed by atoms with Crippen LogP contribution in [0.25, 0.3) is 0 Å². The highest BCUT2D eigenvalue weighted by Crippen LogP contribution is 2.66. The first-order valence-electron chi connectivity index (χ1n) is 12.7. The van der Waals surface area contributed by atoms with E-state index in [4.69, 9.17) is 9.47 Å². The first-order chi connectivity index (χ1) is 16.1. The maximum Gasteiger partial charge on any atom is 0.416 e. The molecule has 7 atom stereocenters. The van der Waals surface area contributed by atoms with E-state index in [0.717, 1.165) is 44.8 Å². The lowest BCUT2D eigenvalue weighted by Crippen LogP contribution is -2.58. The van der Waals surface area contributed by atoms with Crippen LogP contribution >= 0.6 is 0 Å². The maximum absolute atomic E-state index is 13.2. The van der Waals surface area contributed by atoms with Gasteiger partial charge in [0.05, 0.1) is 17.1 Å². The maximum atomic E-state index is 13.2. The van der Waals surface area contributed by atoms with Crippen molar-refractivity contribution in [3.63, 3.8) is 0 Å². The molecule has 0 N–H and O–H groups in total. The molecule has 8 heteroatoms. The molecule has 3 aliphatic heterocycles. The molecule has 3 saturated heterocycles. The lowest BCUT2D eigenvalue weighted by Gasteiger charge is -2.50. The molecular formula is C26H33F3N2O3. The summed E-state index contributed by atoms with van der Waals surface area (Å²) in [7, 11) is 0. The summed E-state index contributed by atoms with van der Waals surface area (Å²) in [6.45, 7) is 7.83. The van der Waals surface area contributed by atoms with Gasteiger partial charge in [0.1, 0.15) is 11.7 Å². The topological polar surface area (TPSA) is 45.3 Å². The molecule has 1 spiro atoms. The van der Waals surface area contributed by atoms with Crippen molar-refractivity contribution in [2.75, 3.05) is 37.6 Å². The standard InChI is InChI=1S/C26H33F3N2O3/c1-16-6-7-21-19(22(32)33-25(21)20(16)8-9-24(2)23(25)34-24)15-30-10-12-31(13-11-30)18-5-3-4-17(14-18)26(27,28)29/h3-5,14,16,19-21,23H,6-13,15H2,1-2H3/t16-,19-,20+,21+,23-,24-,25-/m1/s1. The Kier molecular flexibility index (Phi) is 5.06. The van der Waals surface area contributed by atoms with Crippen molar-refractivity contribution in [2.24, 2.45) is 23.7 Å². The fourth-order valence-electron chi connectivity index (χ4n) is 7.61. The molecule has 5 nitrogen and oxygen atoms in total. The lowest BCUT2D eigenvalue weighted by molar-refractivity contribution is -0.168. The van der Waals surface area contributed by atoms with Crippen LogP contribution in [0.5, 0.6) is 0 Å². The van der Waals surface area contributed by atoms with E-state index in [1.54, 1.807) is 6.07 Å². The van der Waals surface area contributed by atoms with Crippen molar-refractivity contribution in [2.45, 2.75) is 63.0 Å². The second-order valence-corrected chi connectivity index (χ2v) is 11.3. The number of anilines is 1. The smallest absolute Gasteiger partial charge is 0.416 e. The molecule has 0 amide bonds. The van der Waals surface area contributed by atoms with Gasteiger partial charge in [-0.2, -0.15) is 13.2 Å². The molecule has 3 heterocycles. The predicted molar refractivity (Wildman–Crippen MR) is 120 cm³/mol. The number of nitrogens with zero attached hydrogens (tertiary/aromatic N) is 2. The highest BCUT2D eigenvalue weighted by molar-refractivity contribution is 5.77. The van der Waals surface area contributed by atoms with Crippen molar-refractivity contribution < 1.29 is 27.4 Å². The second-order valence-electron chi connectivity index (χ2n) is 11.3. The number of carbonyl (C=O) groups excluding carboxylic acids is 1. The van der Waals surface area contributed by atoms with Crippen LogP contribution in [-0.2, 0) is 20.4 Å². The molecule has 1 aromatic rings. The largest absolute Gasteiger partial charge is 0.455 e. The third-order valence-electron chi connectivity index (χ3n) is 9.46. The second kappa shape index (κ2) is 7.60. The van der Waals surface area contributed by atoms with Gasteiger partial charge in [0, 0.05) is 50.2 Å². The molecule has 0 radical (unpaired) electrons. The van der Waals surface area contributed by atoms with E-state index in [1.165, 1.54) is 12.1 Å². The number of hydrogen-bond donors (Lipinski definition) is 0. The Hall–Kier alpha value is -1.80. The Morgan fingerprint density at radius 2 is 1.85 bits per heavy atom. The van der Waals surface area contributed by atoms with Gasteiger partial charge in [-0.25, -0.2) is 0 Å². The Balaban J connectivity index is 1.14. The molecule has 2 aliphatic carbocycles. The van der Waals surface area contributed by atoms with Gasteiger partial charge in [-0.1, -0.05) is 13.0 Å². The number of hydrogen-bond acceptors (Lipinski definition) is 5. The average molecular weight is 479 g/mol. The van der Waals surface area contributed by atoms with Crippen LogP contribution in [0, 0.1) is 23.7 Å². The molecule has 6 rings (SSSR count). The van der Waals surface area contributed by atoms with Crippen LogP contribution in [-0.4, -0.2) is 60.9 Å². The first kappa shape index (κ1) is 22.7. The van der Waals surface area contributed by atoms with Crippen molar-refractivity contribution in [3.05, 3.63) is 29.8 Å². The van der Waals surface area contributed by atoms with Crippen LogP contribution < -0.4 is 4.90 Å². The fourth-order valence-corrected chi connectivity index (χ4v) is 7.61. The monoisotopic (exact) mass is 478 g/mol. The van der Waals surface area contributed by atoms with Crippen LogP contribution in [0.15, 0.2) is 24.3 Å². The summed E-state index contributed by atoms with van der Waals surface area (Å²) in [5.41, 5.74) is -0.622. The van der Waals surface area contributed by atoms with E-state index in [9.17, 15) is 18.0 Å². The summed E-state index contributed by atoms with van der Waals surface area (Å²) in [5, 5.41) is 0. The highest BCUT2D eigenvalue weighted by atomic mass is 19.4. The summed E-state index contributed by atoms with van der Waals surface area (Å²) in [4.78, 5) is 17.5. The predicted octanol–water partition coefficient (Wildman–Crippen LogP) is 4.35. The van der Waals surface area contributed by atoms with Crippen LogP contribution in [0.1, 0.15) is 45.1 Å². The molecule has 1 aromatic carbocycles.